The highest BCUT2D eigenvalue weighted by Gasteiger charge is 2.11. The molecule has 0 atom stereocenters. The Morgan fingerprint density at radius 1 is 1.06 bits per heavy atom. The van der Waals surface area contributed by atoms with E-state index in [-0.39, 0.29) is 12.2 Å². The molecule has 4 aromatic rings. The number of aryl methyl sites for hydroxylation is 1. The van der Waals surface area contributed by atoms with Gasteiger partial charge in [0.15, 0.2) is 0 Å². The van der Waals surface area contributed by atoms with Gasteiger partial charge in [-0.25, -0.2) is 4.98 Å². The molecule has 1 heterocycles. The van der Waals surface area contributed by atoms with Crippen molar-refractivity contribution in [3.8, 4) is 5.75 Å². The maximum atomic E-state index is 13.2. The number of rotatable bonds is 8. The molecule has 4 rings (SSSR count). The second-order valence-electron chi connectivity index (χ2n) is 7.87. The second kappa shape index (κ2) is 11.6. The Morgan fingerprint density at radius 3 is 2.63 bits per heavy atom. The first-order chi connectivity index (χ1) is 16.9. The van der Waals surface area contributed by atoms with Crippen LogP contribution in [0.5, 0.6) is 5.75 Å². The van der Waals surface area contributed by atoms with Crippen LogP contribution in [0.4, 0.5) is 0 Å². The standard InChI is InChI=1S/C26H21BrCl3N3O2/c1-2-3-4-25-32-23-9-7-18(27)12-20(23)26(34)33(25)31-14-16-5-10-24(22(30)11-16)35-15-17-6-8-19(28)13-21(17)29/h5-14H,2-4,15H2,1H3. The summed E-state index contributed by atoms with van der Waals surface area (Å²) in [6.07, 6.45) is 4.12. The Bertz CT molecular complexity index is 1470. The third-order valence-corrected chi connectivity index (χ3v) is 6.68. The molecule has 5 nitrogen and oxygen atoms in total. The van der Waals surface area contributed by atoms with Crippen molar-refractivity contribution in [2.45, 2.75) is 32.8 Å². The summed E-state index contributed by atoms with van der Waals surface area (Å²) < 4.78 is 8.00. The molecule has 0 radical (unpaired) electrons. The number of ether oxygens (including phenoxy) is 1. The van der Waals surface area contributed by atoms with Crippen molar-refractivity contribution >= 4 is 67.9 Å². The summed E-state index contributed by atoms with van der Waals surface area (Å²) in [6.45, 7) is 2.34. The average Bonchev–Trinajstić information content (AvgIpc) is 2.83. The number of unbranched alkanes of at least 4 members (excludes halogenated alkanes) is 1. The quantitative estimate of drug-likeness (QED) is 0.195. The van der Waals surface area contributed by atoms with Crippen LogP contribution in [-0.4, -0.2) is 15.9 Å². The SMILES string of the molecule is CCCCc1nc2ccc(Br)cc2c(=O)n1N=Cc1ccc(OCc2ccc(Cl)cc2Cl)c(Cl)c1. The highest BCUT2D eigenvalue weighted by Crippen LogP contribution is 2.28. The highest BCUT2D eigenvalue weighted by molar-refractivity contribution is 9.10. The van der Waals surface area contributed by atoms with Gasteiger partial charge in [0.05, 0.1) is 22.1 Å². The van der Waals surface area contributed by atoms with Gasteiger partial charge in [-0.15, -0.1) is 0 Å². The minimum absolute atomic E-state index is 0.218. The molecule has 0 aliphatic carbocycles. The van der Waals surface area contributed by atoms with E-state index in [9.17, 15) is 4.79 Å². The Hall–Kier alpha value is -2.38. The van der Waals surface area contributed by atoms with Gasteiger partial charge in [-0.1, -0.05) is 70.1 Å². The lowest BCUT2D eigenvalue weighted by molar-refractivity contribution is 0.306. The molecule has 0 aliphatic heterocycles. The molecule has 1 aromatic heterocycles. The minimum atomic E-state index is -0.218. The minimum Gasteiger partial charge on any atom is -0.487 e. The molecule has 0 saturated carbocycles. The summed E-state index contributed by atoms with van der Waals surface area (Å²) in [5, 5.41) is 6.47. The monoisotopic (exact) mass is 591 g/mol. The number of nitrogens with zero attached hydrogens (tertiary/aromatic N) is 3. The van der Waals surface area contributed by atoms with Crippen molar-refractivity contribution in [3.05, 3.63) is 101 Å². The molecule has 9 heteroatoms. The number of fused-ring (bicyclic) bond motifs is 1. The van der Waals surface area contributed by atoms with Crippen LogP contribution in [0, 0.1) is 0 Å². The van der Waals surface area contributed by atoms with Gasteiger partial charge in [-0.3, -0.25) is 4.79 Å². The zero-order valence-electron chi connectivity index (χ0n) is 18.8. The first-order valence-corrected chi connectivity index (χ1v) is 12.9. The first-order valence-electron chi connectivity index (χ1n) is 11.0. The normalized spacial score (nSPS) is 11.5. The second-order valence-corrected chi connectivity index (χ2v) is 10.0. The predicted molar refractivity (Wildman–Crippen MR) is 148 cm³/mol. The van der Waals surface area contributed by atoms with Crippen LogP contribution in [0.25, 0.3) is 10.9 Å². The van der Waals surface area contributed by atoms with E-state index in [1.165, 1.54) is 4.68 Å². The van der Waals surface area contributed by atoms with Crippen LogP contribution in [0.15, 0.2) is 69.0 Å². The maximum Gasteiger partial charge on any atom is 0.282 e. The van der Waals surface area contributed by atoms with Gasteiger partial charge in [0.1, 0.15) is 18.2 Å². The Kier molecular flexibility index (Phi) is 8.50. The van der Waals surface area contributed by atoms with E-state index in [4.69, 9.17) is 39.5 Å². The molecule has 0 spiro atoms. The topological polar surface area (TPSA) is 56.5 Å². The molecule has 0 saturated heterocycles. The molecule has 0 unspecified atom stereocenters. The lowest BCUT2D eigenvalue weighted by atomic mass is 10.2. The van der Waals surface area contributed by atoms with Crippen LogP contribution in [0.1, 0.15) is 36.7 Å². The largest absolute Gasteiger partial charge is 0.487 e. The van der Waals surface area contributed by atoms with E-state index in [0.29, 0.717) is 44.0 Å². The van der Waals surface area contributed by atoms with Gasteiger partial charge in [-0.2, -0.15) is 9.78 Å². The number of benzene rings is 3. The van der Waals surface area contributed by atoms with Crippen LogP contribution in [-0.2, 0) is 13.0 Å². The third-order valence-electron chi connectivity index (χ3n) is 5.31. The average molecular weight is 594 g/mol. The van der Waals surface area contributed by atoms with Gasteiger partial charge >= 0.3 is 0 Å². The summed E-state index contributed by atoms with van der Waals surface area (Å²) in [5.74, 6) is 1.13. The third kappa shape index (κ3) is 6.25. The summed E-state index contributed by atoms with van der Waals surface area (Å²) in [7, 11) is 0. The molecule has 0 N–H and O–H groups in total. The molecule has 35 heavy (non-hydrogen) atoms. The Morgan fingerprint density at radius 2 is 1.89 bits per heavy atom. The summed E-state index contributed by atoms with van der Waals surface area (Å²) >= 11 is 22.0. The smallest absolute Gasteiger partial charge is 0.282 e. The van der Waals surface area contributed by atoms with Crippen molar-refractivity contribution in [1.29, 1.82) is 0 Å². The van der Waals surface area contributed by atoms with Gasteiger partial charge in [0, 0.05) is 26.5 Å². The fourth-order valence-electron chi connectivity index (χ4n) is 3.44. The zero-order chi connectivity index (χ0) is 24.9. The van der Waals surface area contributed by atoms with Crippen LogP contribution >= 0.6 is 50.7 Å². The van der Waals surface area contributed by atoms with Crippen molar-refractivity contribution in [2.75, 3.05) is 0 Å². The molecule has 0 aliphatic rings. The van der Waals surface area contributed by atoms with Gasteiger partial charge in [0.25, 0.3) is 5.56 Å². The van der Waals surface area contributed by atoms with Crippen molar-refractivity contribution in [2.24, 2.45) is 5.10 Å². The molecule has 180 valence electrons. The highest BCUT2D eigenvalue weighted by atomic mass is 79.9. The number of hydrogen-bond acceptors (Lipinski definition) is 4. The first kappa shape index (κ1) is 25.7. The lowest BCUT2D eigenvalue weighted by Gasteiger charge is -2.11. The van der Waals surface area contributed by atoms with E-state index >= 15 is 0 Å². The predicted octanol–water partition coefficient (Wildman–Crippen LogP) is 7.92. The van der Waals surface area contributed by atoms with E-state index in [2.05, 4.69) is 32.9 Å². The zero-order valence-corrected chi connectivity index (χ0v) is 22.6. The summed E-state index contributed by atoms with van der Waals surface area (Å²) in [5.41, 5.74) is 1.95. The Labute approximate surface area is 226 Å². The molecule has 3 aromatic carbocycles. The van der Waals surface area contributed by atoms with Crippen LogP contribution in [0.3, 0.4) is 0 Å². The van der Waals surface area contributed by atoms with E-state index < -0.39 is 0 Å². The molecular weight excluding hydrogens is 573 g/mol. The fraction of sp³-hybridized carbons (Fsp3) is 0.192. The van der Waals surface area contributed by atoms with Crippen molar-refractivity contribution in [3.63, 3.8) is 0 Å². The lowest BCUT2D eigenvalue weighted by Crippen LogP contribution is -2.22. The van der Waals surface area contributed by atoms with Crippen molar-refractivity contribution < 1.29 is 4.74 Å². The number of halogens is 4. The molecule has 0 fully saturated rings. The number of hydrogen-bond donors (Lipinski definition) is 0. The fourth-order valence-corrected chi connectivity index (χ4v) is 4.51. The maximum absolute atomic E-state index is 13.2. The molecule has 0 amide bonds. The molecular formula is C26H21BrCl3N3O2. The van der Waals surface area contributed by atoms with Gasteiger partial charge in [0.2, 0.25) is 0 Å². The Balaban J connectivity index is 1.59. The van der Waals surface area contributed by atoms with E-state index in [1.54, 1.807) is 36.5 Å². The summed E-state index contributed by atoms with van der Waals surface area (Å²) in [4.78, 5) is 17.9. The van der Waals surface area contributed by atoms with Crippen LogP contribution < -0.4 is 10.3 Å². The van der Waals surface area contributed by atoms with E-state index in [1.807, 2.05) is 24.3 Å². The molecule has 0 bridgehead atoms. The van der Waals surface area contributed by atoms with Crippen LogP contribution in [0.2, 0.25) is 15.1 Å². The van der Waals surface area contributed by atoms with E-state index in [0.717, 1.165) is 28.4 Å². The number of aromatic nitrogens is 2. The van der Waals surface area contributed by atoms with Gasteiger partial charge in [-0.05, 0) is 60.5 Å². The van der Waals surface area contributed by atoms with Gasteiger partial charge < -0.3 is 4.74 Å². The summed E-state index contributed by atoms with van der Waals surface area (Å²) in [6, 6.07) is 16.0. The van der Waals surface area contributed by atoms with Crippen molar-refractivity contribution in [1.82, 2.24) is 9.66 Å².